The first-order valence-electron chi connectivity index (χ1n) is 7.74. The lowest BCUT2D eigenvalue weighted by Crippen LogP contribution is -2.18. The van der Waals surface area contributed by atoms with Gasteiger partial charge in [0, 0.05) is 25.4 Å². The van der Waals surface area contributed by atoms with Gasteiger partial charge in [0.1, 0.15) is 5.82 Å². The molecule has 0 saturated heterocycles. The fourth-order valence-corrected chi connectivity index (χ4v) is 2.51. The quantitative estimate of drug-likeness (QED) is 0.696. The fourth-order valence-electron chi connectivity index (χ4n) is 2.51. The molecule has 5 nitrogen and oxygen atoms in total. The first-order chi connectivity index (χ1) is 11.6. The highest BCUT2D eigenvalue weighted by Crippen LogP contribution is 2.12. The highest BCUT2D eigenvalue weighted by molar-refractivity contribution is 5.21. The van der Waals surface area contributed by atoms with Crippen molar-refractivity contribution in [1.82, 2.24) is 20.0 Å². The molecule has 3 rings (SSSR count). The van der Waals surface area contributed by atoms with Crippen molar-refractivity contribution < 1.29 is 8.91 Å². The summed E-state index contributed by atoms with van der Waals surface area (Å²) in [7, 11) is 2.00. The van der Waals surface area contributed by atoms with Crippen LogP contribution in [0.1, 0.15) is 28.4 Å². The van der Waals surface area contributed by atoms with E-state index in [0.29, 0.717) is 24.7 Å². The largest absolute Gasteiger partial charge is 0.338 e. The van der Waals surface area contributed by atoms with Gasteiger partial charge in [0.25, 0.3) is 0 Å². The smallest absolute Gasteiger partial charge is 0.240 e. The lowest BCUT2D eigenvalue weighted by atomic mass is 10.1. The van der Waals surface area contributed by atoms with Crippen molar-refractivity contribution in [2.24, 2.45) is 0 Å². The van der Waals surface area contributed by atoms with Crippen molar-refractivity contribution in [1.29, 1.82) is 0 Å². The van der Waals surface area contributed by atoms with Crippen LogP contribution < -0.4 is 0 Å². The third kappa shape index (κ3) is 4.23. The molecule has 2 heterocycles. The standard InChI is InChI=1S/C18H19FN4O/c1-13-10-20-7-6-15(13)11-23(2)12-18-21-17(22-24-18)9-14-4-3-5-16(19)8-14/h3-8,10H,9,11-12H2,1-2H3. The monoisotopic (exact) mass is 326 g/mol. The van der Waals surface area contributed by atoms with Gasteiger partial charge in [-0.05, 0) is 48.9 Å². The molecular formula is C18H19FN4O. The average molecular weight is 326 g/mol. The molecule has 3 aromatic rings. The number of pyridine rings is 1. The summed E-state index contributed by atoms with van der Waals surface area (Å²) in [5.41, 5.74) is 3.19. The van der Waals surface area contributed by atoms with E-state index in [1.807, 2.05) is 32.3 Å². The van der Waals surface area contributed by atoms with Gasteiger partial charge in [-0.3, -0.25) is 9.88 Å². The Morgan fingerprint density at radius 2 is 2.08 bits per heavy atom. The van der Waals surface area contributed by atoms with Crippen molar-refractivity contribution in [2.75, 3.05) is 7.05 Å². The van der Waals surface area contributed by atoms with Crippen LogP contribution in [0.15, 0.2) is 47.2 Å². The summed E-state index contributed by atoms with van der Waals surface area (Å²) in [6, 6.07) is 8.43. The van der Waals surface area contributed by atoms with Gasteiger partial charge < -0.3 is 4.52 Å². The summed E-state index contributed by atoms with van der Waals surface area (Å²) in [4.78, 5) is 10.6. The van der Waals surface area contributed by atoms with Crippen LogP contribution in [0.4, 0.5) is 4.39 Å². The maximum absolute atomic E-state index is 13.2. The van der Waals surface area contributed by atoms with Crippen LogP contribution in [0, 0.1) is 12.7 Å². The second-order valence-electron chi connectivity index (χ2n) is 5.89. The molecule has 0 aliphatic carbocycles. The highest BCUT2D eigenvalue weighted by Gasteiger charge is 2.11. The maximum Gasteiger partial charge on any atom is 0.240 e. The van der Waals surface area contributed by atoms with Crippen LogP contribution in [-0.2, 0) is 19.5 Å². The molecule has 0 amide bonds. The maximum atomic E-state index is 13.2. The minimum atomic E-state index is -0.260. The van der Waals surface area contributed by atoms with Crippen molar-refractivity contribution in [3.8, 4) is 0 Å². The van der Waals surface area contributed by atoms with Gasteiger partial charge in [-0.1, -0.05) is 17.3 Å². The fraction of sp³-hybridized carbons (Fsp3) is 0.278. The second kappa shape index (κ2) is 7.31. The minimum absolute atomic E-state index is 0.260. The highest BCUT2D eigenvalue weighted by atomic mass is 19.1. The molecule has 1 aromatic carbocycles. The average Bonchev–Trinajstić information content (AvgIpc) is 2.96. The summed E-state index contributed by atoms with van der Waals surface area (Å²) in [5.74, 6) is 0.850. The van der Waals surface area contributed by atoms with E-state index in [2.05, 4.69) is 20.0 Å². The number of hydrogen-bond donors (Lipinski definition) is 0. The van der Waals surface area contributed by atoms with E-state index < -0.39 is 0 Å². The topological polar surface area (TPSA) is 55.1 Å². The lowest BCUT2D eigenvalue weighted by Gasteiger charge is -2.15. The molecule has 6 heteroatoms. The Hall–Kier alpha value is -2.60. The Balaban J connectivity index is 1.60. The van der Waals surface area contributed by atoms with E-state index >= 15 is 0 Å². The van der Waals surface area contributed by atoms with Crippen molar-refractivity contribution in [3.05, 3.63) is 76.9 Å². The van der Waals surface area contributed by atoms with E-state index in [4.69, 9.17) is 4.52 Å². The second-order valence-corrected chi connectivity index (χ2v) is 5.89. The van der Waals surface area contributed by atoms with E-state index in [1.54, 1.807) is 12.3 Å². The van der Waals surface area contributed by atoms with Crippen molar-refractivity contribution in [3.63, 3.8) is 0 Å². The molecule has 0 unspecified atom stereocenters. The molecule has 0 aliphatic heterocycles. The first-order valence-corrected chi connectivity index (χ1v) is 7.74. The minimum Gasteiger partial charge on any atom is -0.338 e. The molecule has 0 atom stereocenters. The molecular weight excluding hydrogens is 307 g/mol. The van der Waals surface area contributed by atoms with E-state index in [9.17, 15) is 4.39 Å². The van der Waals surface area contributed by atoms with Gasteiger partial charge in [-0.25, -0.2) is 4.39 Å². The van der Waals surface area contributed by atoms with Gasteiger partial charge >= 0.3 is 0 Å². The Bertz CT molecular complexity index is 818. The molecule has 0 N–H and O–H groups in total. The SMILES string of the molecule is Cc1cnccc1CN(C)Cc1nc(Cc2cccc(F)c2)no1. The van der Waals surface area contributed by atoms with Gasteiger partial charge in [-0.15, -0.1) is 0 Å². The van der Waals surface area contributed by atoms with Crippen LogP contribution in [0.25, 0.3) is 0 Å². The van der Waals surface area contributed by atoms with Crippen LogP contribution in [0.5, 0.6) is 0 Å². The molecule has 0 radical (unpaired) electrons. The van der Waals surface area contributed by atoms with Crippen LogP contribution in [0.2, 0.25) is 0 Å². The van der Waals surface area contributed by atoms with Crippen LogP contribution >= 0.6 is 0 Å². The number of aromatic nitrogens is 3. The van der Waals surface area contributed by atoms with E-state index in [0.717, 1.165) is 17.7 Å². The van der Waals surface area contributed by atoms with Gasteiger partial charge in [-0.2, -0.15) is 4.98 Å². The van der Waals surface area contributed by atoms with Gasteiger partial charge in [0.15, 0.2) is 5.82 Å². The van der Waals surface area contributed by atoms with E-state index in [1.165, 1.54) is 17.7 Å². The predicted octanol–water partition coefficient (Wildman–Crippen LogP) is 3.13. The third-order valence-corrected chi connectivity index (χ3v) is 3.74. The number of rotatable bonds is 6. The molecule has 0 bridgehead atoms. The number of nitrogens with zero attached hydrogens (tertiary/aromatic N) is 4. The molecule has 0 saturated carbocycles. The summed E-state index contributed by atoms with van der Waals surface area (Å²) < 4.78 is 18.5. The summed E-state index contributed by atoms with van der Waals surface area (Å²) >= 11 is 0. The molecule has 0 spiro atoms. The normalized spacial score (nSPS) is 11.2. The molecule has 2 aromatic heterocycles. The van der Waals surface area contributed by atoms with Gasteiger partial charge in [0.2, 0.25) is 5.89 Å². The zero-order chi connectivity index (χ0) is 16.9. The number of aryl methyl sites for hydroxylation is 1. The predicted molar refractivity (Wildman–Crippen MR) is 87.6 cm³/mol. The zero-order valence-corrected chi connectivity index (χ0v) is 13.7. The zero-order valence-electron chi connectivity index (χ0n) is 13.7. The number of halogens is 1. The van der Waals surface area contributed by atoms with Crippen LogP contribution in [-0.4, -0.2) is 27.1 Å². The van der Waals surface area contributed by atoms with Crippen molar-refractivity contribution in [2.45, 2.75) is 26.4 Å². The number of hydrogen-bond acceptors (Lipinski definition) is 5. The number of benzene rings is 1. The Kier molecular flexibility index (Phi) is 4.96. The molecule has 0 aliphatic rings. The van der Waals surface area contributed by atoms with Crippen LogP contribution in [0.3, 0.4) is 0 Å². The molecule has 0 fully saturated rings. The Labute approximate surface area is 140 Å². The Morgan fingerprint density at radius 3 is 2.88 bits per heavy atom. The molecule has 124 valence electrons. The lowest BCUT2D eigenvalue weighted by molar-refractivity contribution is 0.260. The summed E-state index contributed by atoms with van der Waals surface area (Å²) in [6.07, 6.45) is 4.10. The Morgan fingerprint density at radius 1 is 1.21 bits per heavy atom. The third-order valence-electron chi connectivity index (χ3n) is 3.74. The van der Waals surface area contributed by atoms with Crippen molar-refractivity contribution >= 4 is 0 Å². The van der Waals surface area contributed by atoms with Gasteiger partial charge in [0.05, 0.1) is 6.54 Å². The summed E-state index contributed by atoms with van der Waals surface area (Å²) in [5, 5.41) is 3.97. The first kappa shape index (κ1) is 16.3. The molecule has 24 heavy (non-hydrogen) atoms. The van der Waals surface area contributed by atoms with E-state index in [-0.39, 0.29) is 5.82 Å². The summed E-state index contributed by atoms with van der Waals surface area (Å²) in [6.45, 7) is 3.37.